The Bertz CT molecular complexity index is 593. The maximum Gasteiger partial charge on any atom is 0.416 e. The van der Waals surface area contributed by atoms with Crippen LogP contribution >= 0.6 is 0 Å². The highest BCUT2D eigenvalue weighted by Gasteiger charge is 2.30. The van der Waals surface area contributed by atoms with E-state index in [0.717, 1.165) is 24.3 Å². The molecule has 1 atom stereocenters. The van der Waals surface area contributed by atoms with E-state index in [9.17, 15) is 13.2 Å². The van der Waals surface area contributed by atoms with Crippen molar-refractivity contribution in [2.24, 2.45) is 0 Å². The van der Waals surface area contributed by atoms with Crippen molar-refractivity contribution in [2.75, 3.05) is 0 Å². The summed E-state index contributed by atoms with van der Waals surface area (Å²) in [5.41, 5.74) is -0.0647. The van der Waals surface area contributed by atoms with Crippen molar-refractivity contribution in [3.05, 3.63) is 53.2 Å². The standard InChI is InChI=1S/C15H17F3N2O/c1-3-13-8-20-14(21-13)9-19-10(2)11-5-4-6-12(7-11)15(16,17)18/h4-8,10,19H,3,9H2,1-2H3. The summed E-state index contributed by atoms with van der Waals surface area (Å²) in [6.07, 6.45) is -1.91. The third kappa shape index (κ3) is 4.07. The SMILES string of the molecule is CCc1cnc(CNC(C)c2cccc(C(F)(F)F)c2)o1. The Labute approximate surface area is 121 Å². The number of rotatable bonds is 5. The number of halogens is 3. The Hall–Kier alpha value is -1.82. The van der Waals surface area contributed by atoms with Gasteiger partial charge >= 0.3 is 6.18 Å². The van der Waals surface area contributed by atoms with Gasteiger partial charge < -0.3 is 9.73 Å². The molecule has 1 aromatic heterocycles. The molecule has 2 aromatic rings. The first-order valence-electron chi connectivity index (χ1n) is 6.74. The van der Waals surface area contributed by atoms with Crippen LogP contribution in [0.25, 0.3) is 0 Å². The lowest BCUT2D eigenvalue weighted by Crippen LogP contribution is -2.19. The molecule has 0 spiro atoms. The summed E-state index contributed by atoms with van der Waals surface area (Å²) >= 11 is 0. The van der Waals surface area contributed by atoms with Gasteiger partial charge in [-0.05, 0) is 24.6 Å². The van der Waals surface area contributed by atoms with Crippen LogP contribution in [0, 0.1) is 0 Å². The Morgan fingerprint density at radius 2 is 2.10 bits per heavy atom. The molecular formula is C15H17F3N2O. The first-order chi connectivity index (χ1) is 9.90. The molecule has 21 heavy (non-hydrogen) atoms. The fraction of sp³-hybridized carbons (Fsp3) is 0.400. The molecule has 0 bridgehead atoms. The van der Waals surface area contributed by atoms with E-state index in [-0.39, 0.29) is 6.04 Å². The minimum absolute atomic E-state index is 0.232. The molecule has 0 aliphatic carbocycles. The second-order valence-corrected chi connectivity index (χ2v) is 4.80. The molecule has 6 heteroatoms. The van der Waals surface area contributed by atoms with Crippen LogP contribution in [0.1, 0.15) is 42.7 Å². The van der Waals surface area contributed by atoms with Crippen molar-refractivity contribution in [1.29, 1.82) is 0 Å². The minimum atomic E-state index is -4.33. The normalized spacial score (nSPS) is 13.4. The van der Waals surface area contributed by atoms with Gasteiger partial charge in [0.15, 0.2) is 0 Å². The largest absolute Gasteiger partial charge is 0.444 e. The average Bonchev–Trinajstić information content (AvgIpc) is 2.92. The molecule has 114 valence electrons. The Balaban J connectivity index is 2.01. The predicted molar refractivity (Wildman–Crippen MR) is 72.6 cm³/mol. The zero-order chi connectivity index (χ0) is 15.5. The Morgan fingerprint density at radius 1 is 1.33 bits per heavy atom. The molecule has 3 nitrogen and oxygen atoms in total. The van der Waals surface area contributed by atoms with Crippen LogP contribution in [0.3, 0.4) is 0 Å². The summed E-state index contributed by atoms with van der Waals surface area (Å²) in [6.45, 7) is 4.14. The van der Waals surface area contributed by atoms with Gasteiger partial charge in [-0.1, -0.05) is 19.1 Å². The lowest BCUT2D eigenvalue weighted by Gasteiger charge is -2.15. The van der Waals surface area contributed by atoms with Gasteiger partial charge in [-0.2, -0.15) is 13.2 Å². The molecule has 1 unspecified atom stereocenters. The molecule has 0 aliphatic heterocycles. The number of alkyl halides is 3. The van der Waals surface area contributed by atoms with Gasteiger partial charge in [-0.15, -0.1) is 0 Å². The molecule has 0 aliphatic rings. The molecule has 1 aromatic carbocycles. The highest BCUT2D eigenvalue weighted by atomic mass is 19.4. The second kappa shape index (κ2) is 6.30. The molecule has 2 rings (SSSR count). The summed E-state index contributed by atoms with van der Waals surface area (Å²) in [5.74, 6) is 1.32. The van der Waals surface area contributed by atoms with Crippen LogP contribution < -0.4 is 5.32 Å². The van der Waals surface area contributed by atoms with Crippen molar-refractivity contribution in [3.63, 3.8) is 0 Å². The van der Waals surface area contributed by atoms with Gasteiger partial charge in [-0.25, -0.2) is 4.98 Å². The van der Waals surface area contributed by atoms with E-state index in [1.807, 2.05) is 6.92 Å². The van der Waals surface area contributed by atoms with Crippen LogP contribution in [-0.4, -0.2) is 4.98 Å². The monoisotopic (exact) mass is 298 g/mol. The van der Waals surface area contributed by atoms with Gasteiger partial charge in [0, 0.05) is 12.5 Å². The second-order valence-electron chi connectivity index (χ2n) is 4.80. The van der Waals surface area contributed by atoms with Crippen LogP contribution in [-0.2, 0) is 19.1 Å². The van der Waals surface area contributed by atoms with Crippen molar-refractivity contribution in [1.82, 2.24) is 10.3 Å². The highest BCUT2D eigenvalue weighted by Crippen LogP contribution is 2.30. The van der Waals surface area contributed by atoms with Crippen LogP contribution in [0.4, 0.5) is 13.2 Å². The summed E-state index contributed by atoms with van der Waals surface area (Å²) in [6, 6.07) is 5.07. The van der Waals surface area contributed by atoms with E-state index >= 15 is 0 Å². The molecule has 1 heterocycles. The topological polar surface area (TPSA) is 38.1 Å². The average molecular weight is 298 g/mol. The van der Waals surface area contributed by atoms with Gasteiger partial charge in [0.05, 0.1) is 18.3 Å². The number of oxazole rings is 1. The first-order valence-corrected chi connectivity index (χ1v) is 6.74. The number of hydrogen-bond donors (Lipinski definition) is 1. The Kier molecular flexibility index (Phi) is 4.67. The van der Waals surface area contributed by atoms with Crippen molar-refractivity contribution < 1.29 is 17.6 Å². The third-order valence-electron chi connectivity index (χ3n) is 3.22. The van der Waals surface area contributed by atoms with Gasteiger partial charge in [0.25, 0.3) is 0 Å². The van der Waals surface area contributed by atoms with Crippen molar-refractivity contribution >= 4 is 0 Å². The molecular weight excluding hydrogens is 281 g/mol. The molecule has 0 radical (unpaired) electrons. The van der Waals surface area contributed by atoms with E-state index in [1.165, 1.54) is 6.07 Å². The summed E-state index contributed by atoms with van der Waals surface area (Å²) in [5, 5.41) is 3.11. The van der Waals surface area contributed by atoms with E-state index in [1.54, 1.807) is 19.2 Å². The quantitative estimate of drug-likeness (QED) is 0.903. The fourth-order valence-electron chi connectivity index (χ4n) is 1.94. The van der Waals surface area contributed by atoms with Crippen molar-refractivity contribution in [2.45, 2.75) is 39.0 Å². The maximum absolute atomic E-state index is 12.7. The van der Waals surface area contributed by atoms with Crippen LogP contribution in [0.2, 0.25) is 0 Å². The number of aromatic nitrogens is 1. The lowest BCUT2D eigenvalue weighted by molar-refractivity contribution is -0.137. The Morgan fingerprint density at radius 3 is 2.71 bits per heavy atom. The summed E-state index contributed by atoms with van der Waals surface area (Å²) in [7, 11) is 0. The van der Waals surface area contributed by atoms with E-state index in [2.05, 4.69) is 10.3 Å². The summed E-state index contributed by atoms with van der Waals surface area (Å²) in [4.78, 5) is 4.10. The minimum Gasteiger partial charge on any atom is -0.444 e. The molecule has 0 amide bonds. The third-order valence-corrected chi connectivity index (χ3v) is 3.22. The van der Waals surface area contributed by atoms with Crippen LogP contribution in [0.15, 0.2) is 34.9 Å². The van der Waals surface area contributed by atoms with Crippen LogP contribution in [0.5, 0.6) is 0 Å². The first kappa shape index (κ1) is 15.6. The molecule has 0 saturated heterocycles. The van der Waals surface area contributed by atoms with E-state index in [4.69, 9.17) is 4.42 Å². The smallest absolute Gasteiger partial charge is 0.416 e. The zero-order valence-electron chi connectivity index (χ0n) is 11.9. The molecule has 0 saturated carbocycles. The van der Waals surface area contributed by atoms with Crippen molar-refractivity contribution in [3.8, 4) is 0 Å². The maximum atomic E-state index is 12.7. The van der Waals surface area contributed by atoms with E-state index < -0.39 is 11.7 Å². The number of benzene rings is 1. The predicted octanol–water partition coefficient (Wildman–Crippen LogP) is 4.11. The number of nitrogens with zero attached hydrogens (tertiary/aromatic N) is 1. The van der Waals surface area contributed by atoms with Gasteiger partial charge in [-0.3, -0.25) is 0 Å². The zero-order valence-corrected chi connectivity index (χ0v) is 11.9. The van der Waals surface area contributed by atoms with Gasteiger partial charge in [0.1, 0.15) is 5.76 Å². The van der Waals surface area contributed by atoms with E-state index in [0.29, 0.717) is 18.0 Å². The summed E-state index contributed by atoms with van der Waals surface area (Å²) < 4.78 is 43.5. The molecule has 0 fully saturated rings. The van der Waals surface area contributed by atoms with Gasteiger partial charge in [0.2, 0.25) is 5.89 Å². The number of nitrogens with one attached hydrogen (secondary N) is 1. The molecule has 1 N–H and O–H groups in total. The lowest BCUT2D eigenvalue weighted by atomic mass is 10.0. The number of aryl methyl sites for hydroxylation is 1. The fourth-order valence-corrected chi connectivity index (χ4v) is 1.94. The number of hydrogen-bond acceptors (Lipinski definition) is 3. The highest BCUT2D eigenvalue weighted by molar-refractivity contribution is 5.27.